The van der Waals surface area contributed by atoms with Crippen molar-refractivity contribution < 1.29 is 19.6 Å². The maximum Gasteiger partial charge on any atom is 0.267 e. The van der Waals surface area contributed by atoms with Crippen molar-refractivity contribution in [2.75, 3.05) is 31.1 Å². The van der Waals surface area contributed by atoms with Gasteiger partial charge in [0.1, 0.15) is 0 Å². The smallest absolute Gasteiger partial charge is 0.267 e. The van der Waals surface area contributed by atoms with E-state index in [2.05, 4.69) is 4.90 Å². The monoisotopic (exact) mass is 517 g/mol. The SMILES string of the molecule is Cl.O=C(/C=C/c1ccc(/C=C/C(=O)c2ccc(N3CCN(C(=O)c4ccccc4)CC3)cc2)cc1)NO. The largest absolute Gasteiger partial charge is 0.368 e. The number of benzene rings is 3. The molecule has 2 amide bonds. The van der Waals surface area contributed by atoms with E-state index in [9.17, 15) is 14.4 Å². The highest BCUT2D eigenvalue weighted by Gasteiger charge is 2.22. The van der Waals surface area contributed by atoms with Crippen molar-refractivity contribution in [3.63, 3.8) is 0 Å². The highest BCUT2D eigenvalue weighted by molar-refractivity contribution is 6.07. The fourth-order valence-corrected chi connectivity index (χ4v) is 3.96. The lowest BCUT2D eigenvalue weighted by Gasteiger charge is -2.36. The van der Waals surface area contributed by atoms with Crippen LogP contribution in [0.25, 0.3) is 12.2 Å². The van der Waals surface area contributed by atoms with Crippen molar-refractivity contribution in [3.8, 4) is 0 Å². The number of hydroxylamine groups is 1. The van der Waals surface area contributed by atoms with Gasteiger partial charge in [0.2, 0.25) is 0 Å². The summed E-state index contributed by atoms with van der Waals surface area (Å²) in [6.45, 7) is 2.78. The lowest BCUT2D eigenvalue weighted by atomic mass is 10.1. The molecule has 8 heteroatoms. The summed E-state index contributed by atoms with van der Waals surface area (Å²) in [5.74, 6) is -0.636. The Balaban J connectivity index is 0.00000380. The maximum atomic E-state index is 12.6. The van der Waals surface area contributed by atoms with Crippen molar-refractivity contribution >= 4 is 47.8 Å². The van der Waals surface area contributed by atoms with Gasteiger partial charge in [-0.05, 0) is 59.7 Å². The molecule has 0 atom stereocenters. The molecule has 1 saturated heterocycles. The Hall–Kier alpha value is -4.20. The summed E-state index contributed by atoms with van der Waals surface area (Å²) in [5.41, 5.74) is 5.52. The summed E-state index contributed by atoms with van der Waals surface area (Å²) in [5, 5.41) is 8.51. The molecule has 0 saturated carbocycles. The molecule has 37 heavy (non-hydrogen) atoms. The Kier molecular flexibility index (Phi) is 9.77. The molecule has 0 radical (unpaired) electrons. The molecule has 7 nitrogen and oxygen atoms in total. The molecule has 0 unspecified atom stereocenters. The van der Waals surface area contributed by atoms with E-state index in [1.165, 1.54) is 17.6 Å². The zero-order valence-electron chi connectivity index (χ0n) is 20.1. The van der Waals surface area contributed by atoms with Crippen LogP contribution < -0.4 is 10.4 Å². The molecule has 190 valence electrons. The number of nitrogens with zero attached hydrogens (tertiary/aromatic N) is 2. The van der Waals surface area contributed by atoms with Gasteiger partial charge in [0, 0.05) is 49.1 Å². The zero-order chi connectivity index (χ0) is 25.3. The van der Waals surface area contributed by atoms with Gasteiger partial charge in [-0.1, -0.05) is 48.5 Å². The molecule has 3 aromatic rings. The molecule has 1 aliphatic rings. The number of allylic oxidation sites excluding steroid dienone is 1. The number of hydrogen-bond acceptors (Lipinski definition) is 5. The predicted molar refractivity (Wildman–Crippen MR) is 147 cm³/mol. The highest BCUT2D eigenvalue weighted by atomic mass is 35.5. The molecule has 2 N–H and O–H groups in total. The minimum Gasteiger partial charge on any atom is -0.368 e. The molecule has 0 bridgehead atoms. The fraction of sp³-hybridized carbons (Fsp3) is 0.138. The van der Waals surface area contributed by atoms with E-state index in [1.54, 1.807) is 12.2 Å². The molecule has 1 heterocycles. The Morgan fingerprint density at radius 3 is 1.84 bits per heavy atom. The first kappa shape index (κ1) is 27.4. The second-order valence-corrected chi connectivity index (χ2v) is 8.37. The lowest BCUT2D eigenvalue weighted by Crippen LogP contribution is -2.48. The zero-order valence-corrected chi connectivity index (χ0v) is 20.9. The number of carbonyl (C=O) groups excluding carboxylic acids is 3. The molecular weight excluding hydrogens is 490 g/mol. The number of rotatable bonds is 7. The summed E-state index contributed by atoms with van der Waals surface area (Å²) in [7, 11) is 0. The molecule has 0 aromatic heterocycles. The van der Waals surface area contributed by atoms with Crippen LogP contribution in [0.15, 0.2) is 91.0 Å². The number of ketones is 1. The van der Waals surface area contributed by atoms with Crippen molar-refractivity contribution in [2.45, 2.75) is 0 Å². The van der Waals surface area contributed by atoms with Gasteiger partial charge in [-0.15, -0.1) is 12.4 Å². The predicted octanol–water partition coefficient (Wildman–Crippen LogP) is 4.49. The van der Waals surface area contributed by atoms with Crippen molar-refractivity contribution in [1.82, 2.24) is 10.4 Å². The molecule has 0 spiro atoms. The second-order valence-electron chi connectivity index (χ2n) is 8.37. The number of hydrogen-bond donors (Lipinski definition) is 2. The van der Waals surface area contributed by atoms with E-state index in [0.717, 1.165) is 29.9 Å². The van der Waals surface area contributed by atoms with Gasteiger partial charge < -0.3 is 9.80 Å². The van der Waals surface area contributed by atoms with Crippen LogP contribution in [0.4, 0.5) is 5.69 Å². The number of anilines is 1. The van der Waals surface area contributed by atoms with Crippen molar-refractivity contribution in [1.29, 1.82) is 0 Å². The average Bonchev–Trinajstić information content (AvgIpc) is 2.95. The maximum absolute atomic E-state index is 12.6. The summed E-state index contributed by atoms with van der Waals surface area (Å²) in [6.07, 6.45) is 6.08. The van der Waals surface area contributed by atoms with E-state index in [-0.39, 0.29) is 24.1 Å². The molecule has 1 fully saturated rings. The van der Waals surface area contributed by atoms with Crippen LogP contribution in [0.3, 0.4) is 0 Å². The summed E-state index contributed by atoms with van der Waals surface area (Å²) in [4.78, 5) is 40.4. The van der Waals surface area contributed by atoms with Gasteiger partial charge in [-0.3, -0.25) is 19.6 Å². The number of nitrogens with one attached hydrogen (secondary N) is 1. The minimum absolute atomic E-state index is 0. The Morgan fingerprint density at radius 1 is 0.703 bits per heavy atom. The number of amides is 2. The normalized spacial score (nSPS) is 13.4. The molecule has 4 rings (SSSR count). The van der Waals surface area contributed by atoms with Crippen LogP contribution in [-0.4, -0.2) is 53.9 Å². The molecule has 0 aliphatic carbocycles. The minimum atomic E-state index is -0.601. The quantitative estimate of drug-likeness (QED) is 0.209. The van der Waals surface area contributed by atoms with Crippen LogP contribution in [-0.2, 0) is 4.79 Å². The average molecular weight is 518 g/mol. The topological polar surface area (TPSA) is 90.0 Å². The summed E-state index contributed by atoms with van der Waals surface area (Å²) < 4.78 is 0. The Labute approximate surface area is 222 Å². The van der Waals surface area contributed by atoms with Gasteiger partial charge in [-0.2, -0.15) is 0 Å². The third-order valence-corrected chi connectivity index (χ3v) is 6.01. The molecular formula is C29H28ClN3O4. The van der Waals surface area contributed by atoms with Crippen LogP contribution in [0.5, 0.6) is 0 Å². The number of carbonyl (C=O) groups is 3. The summed E-state index contributed by atoms with van der Waals surface area (Å²) >= 11 is 0. The highest BCUT2D eigenvalue weighted by Crippen LogP contribution is 2.19. The fourth-order valence-electron chi connectivity index (χ4n) is 3.96. The van der Waals surface area contributed by atoms with Crippen molar-refractivity contribution in [3.05, 3.63) is 113 Å². The first-order chi connectivity index (χ1) is 17.5. The third-order valence-electron chi connectivity index (χ3n) is 6.01. The summed E-state index contributed by atoms with van der Waals surface area (Å²) in [6, 6.07) is 24.2. The van der Waals surface area contributed by atoms with Gasteiger partial charge >= 0.3 is 0 Å². The molecule has 1 aliphatic heterocycles. The van der Waals surface area contributed by atoms with E-state index in [1.807, 2.05) is 83.8 Å². The van der Waals surface area contributed by atoms with Crippen molar-refractivity contribution in [2.24, 2.45) is 0 Å². The van der Waals surface area contributed by atoms with Crippen LogP contribution in [0.1, 0.15) is 31.8 Å². The molecule has 3 aromatic carbocycles. The van der Waals surface area contributed by atoms with Gasteiger partial charge in [0.05, 0.1) is 0 Å². The van der Waals surface area contributed by atoms with Crippen LogP contribution in [0, 0.1) is 0 Å². The lowest BCUT2D eigenvalue weighted by molar-refractivity contribution is -0.124. The second kappa shape index (κ2) is 13.2. The first-order valence-corrected chi connectivity index (χ1v) is 11.7. The Morgan fingerprint density at radius 2 is 1.27 bits per heavy atom. The number of piperazine rings is 1. The van der Waals surface area contributed by atoms with Crippen LogP contribution >= 0.6 is 12.4 Å². The van der Waals surface area contributed by atoms with Gasteiger partial charge in [0.15, 0.2) is 5.78 Å². The number of halogens is 1. The standard InChI is InChI=1S/C29H27N3O4.ClH/c33-27(16-10-22-6-8-23(9-7-22)11-17-28(34)30-36)24-12-14-26(15-13-24)31-18-20-32(21-19-31)29(35)25-4-2-1-3-5-25;/h1-17,36H,18-21H2,(H,30,34);1H/b16-10+,17-11+;. The van der Waals surface area contributed by atoms with E-state index >= 15 is 0 Å². The van der Waals surface area contributed by atoms with Gasteiger partial charge in [0.25, 0.3) is 11.8 Å². The third kappa shape index (κ3) is 7.39. The first-order valence-electron chi connectivity index (χ1n) is 11.7. The van der Waals surface area contributed by atoms with E-state index in [0.29, 0.717) is 24.2 Å². The van der Waals surface area contributed by atoms with Crippen LogP contribution in [0.2, 0.25) is 0 Å². The van der Waals surface area contributed by atoms with E-state index in [4.69, 9.17) is 5.21 Å². The van der Waals surface area contributed by atoms with Gasteiger partial charge in [-0.25, -0.2) is 5.48 Å². The van der Waals surface area contributed by atoms with E-state index < -0.39 is 5.91 Å². The Bertz CT molecular complexity index is 1260.